The molecule has 0 saturated heterocycles. The molecule has 2 aromatic rings. The van der Waals surface area contributed by atoms with Crippen molar-refractivity contribution in [2.45, 2.75) is 6.36 Å². The summed E-state index contributed by atoms with van der Waals surface area (Å²) >= 11 is 11.4. The molecule has 2 rings (SSSR count). The number of alkyl halides is 3. The van der Waals surface area contributed by atoms with Gasteiger partial charge in [0, 0.05) is 11.6 Å². The molecule has 0 amide bonds. The van der Waals surface area contributed by atoms with Crippen LogP contribution in [0.2, 0.25) is 10.2 Å². The lowest BCUT2D eigenvalue weighted by molar-refractivity contribution is -0.274. The van der Waals surface area contributed by atoms with Gasteiger partial charge in [-0.3, -0.25) is 0 Å². The van der Waals surface area contributed by atoms with Crippen molar-refractivity contribution in [2.24, 2.45) is 0 Å². The van der Waals surface area contributed by atoms with Crippen LogP contribution in [0, 0.1) is 0 Å². The number of aromatic nitrogens is 2. The van der Waals surface area contributed by atoms with Gasteiger partial charge in [-0.2, -0.15) is 0 Å². The normalized spacial score (nSPS) is 11.4. The second-order valence-electron chi connectivity index (χ2n) is 3.42. The number of rotatable bonds is 2. The maximum Gasteiger partial charge on any atom is 0.573 e. The molecule has 1 aromatic heterocycles. The second-order valence-corrected chi connectivity index (χ2v) is 4.21. The molecule has 1 heterocycles. The van der Waals surface area contributed by atoms with Crippen molar-refractivity contribution in [3.05, 3.63) is 40.8 Å². The summed E-state index contributed by atoms with van der Waals surface area (Å²) in [5.74, 6) is -0.474. The summed E-state index contributed by atoms with van der Waals surface area (Å²) < 4.78 is 40.0. The Labute approximate surface area is 116 Å². The first-order valence-corrected chi connectivity index (χ1v) is 5.64. The van der Waals surface area contributed by atoms with E-state index in [-0.39, 0.29) is 10.2 Å². The summed E-state index contributed by atoms with van der Waals surface area (Å²) in [6.07, 6.45) is -3.55. The fraction of sp³-hybridized carbons (Fsp3) is 0.0909. The smallest absolute Gasteiger partial charge is 0.404 e. The molecule has 0 aliphatic carbocycles. The van der Waals surface area contributed by atoms with Gasteiger partial charge in [-0.05, 0) is 18.2 Å². The summed E-state index contributed by atoms with van der Waals surface area (Å²) in [4.78, 5) is 7.64. The Morgan fingerprint density at radius 2 is 1.79 bits per heavy atom. The molecule has 0 N–H and O–H groups in total. The molecular weight excluding hydrogens is 304 g/mol. The Morgan fingerprint density at radius 3 is 2.37 bits per heavy atom. The van der Waals surface area contributed by atoms with Crippen molar-refractivity contribution in [1.29, 1.82) is 0 Å². The van der Waals surface area contributed by atoms with Crippen LogP contribution >= 0.6 is 23.2 Å². The van der Waals surface area contributed by atoms with Crippen molar-refractivity contribution < 1.29 is 17.9 Å². The molecule has 0 bridgehead atoms. The van der Waals surface area contributed by atoms with Crippen LogP contribution in [0.3, 0.4) is 0 Å². The zero-order valence-electron chi connectivity index (χ0n) is 9.08. The molecule has 100 valence electrons. The van der Waals surface area contributed by atoms with Crippen LogP contribution in [0.4, 0.5) is 13.2 Å². The SMILES string of the molecule is FC(F)(F)Oc1ccc(-c2cc(Cl)ncn2)cc1Cl. The Kier molecular flexibility index (Phi) is 3.82. The van der Waals surface area contributed by atoms with Crippen LogP contribution in [-0.4, -0.2) is 16.3 Å². The van der Waals surface area contributed by atoms with Gasteiger partial charge in [0.05, 0.1) is 10.7 Å². The van der Waals surface area contributed by atoms with Gasteiger partial charge in [-0.25, -0.2) is 9.97 Å². The van der Waals surface area contributed by atoms with Gasteiger partial charge >= 0.3 is 6.36 Å². The largest absolute Gasteiger partial charge is 0.573 e. The van der Waals surface area contributed by atoms with E-state index in [1.165, 1.54) is 24.5 Å². The highest BCUT2D eigenvalue weighted by atomic mass is 35.5. The van der Waals surface area contributed by atoms with E-state index >= 15 is 0 Å². The lowest BCUT2D eigenvalue weighted by Crippen LogP contribution is -2.17. The molecule has 0 saturated carbocycles. The molecule has 0 unspecified atom stereocenters. The predicted octanol–water partition coefficient (Wildman–Crippen LogP) is 4.35. The Hall–Kier alpha value is -1.53. The van der Waals surface area contributed by atoms with Gasteiger partial charge in [0.25, 0.3) is 0 Å². The molecule has 0 aliphatic rings. The summed E-state index contributed by atoms with van der Waals surface area (Å²) in [5, 5.41) is 0.0429. The van der Waals surface area contributed by atoms with Gasteiger partial charge in [0.15, 0.2) is 0 Å². The zero-order chi connectivity index (χ0) is 14.0. The molecule has 0 radical (unpaired) electrons. The van der Waals surface area contributed by atoms with E-state index in [2.05, 4.69) is 14.7 Å². The third kappa shape index (κ3) is 3.71. The molecule has 0 fully saturated rings. The van der Waals surface area contributed by atoms with Gasteiger partial charge in [-0.15, -0.1) is 13.2 Å². The molecular formula is C11H5Cl2F3N2O. The van der Waals surface area contributed by atoms with Crippen molar-refractivity contribution in [2.75, 3.05) is 0 Å². The Balaban J connectivity index is 2.34. The summed E-state index contributed by atoms with van der Waals surface area (Å²) in [6.45, 7) is 0. The first kappa shape index (κ1) is 13.9. The van der Waals surface area contributed by atoms with E-state index in [0.717, 1.165) is 6.07 Å². The summed E-state index contributed by atoms with van der Waals surface area (Å²) in [5.41, 5.74) is 0.948. The van der Waals surface area contributed by atoms with E-state index in [0.29, 0.717) is 11.3 Å². The summed E-state index contributed by atoms with van der Waals surface area (Å²) in [7, 11) is 0. The summed E-state index contributed by atoms with van der Waals surface area (Å²) in [6, 6.07) is 5.28. The highest BCUT2D eigenvalue weighted by Crippen LogP contribution is 2.33. The molecule has 0 aliphatic heterocycles. The number of benzene rings is 1. The average Bonchev–Trinajstić information content (AvgIpc) is 2.30. The fourth-order valence-electron chi connectivity index (χ4n) is 1.36. The van der Waals surface area contributed by atoms with Crippen LogP contribution in [0.15, 0.2) is 30.6 Å². The number of hydrogen-bond acceptors (Lipinski definition) is 3. The van der Waals surface area contributed by atoms with Crippen LogP contribution in [0.25, 0.3) is 11.3 Å². The van der Waals surface area contributed by atoms with Crippen molar-refractivity contribution in [3.63, 3.8) is 0 Å². The van der Waals surface area contributed by atoms with E-state index in [1.54, 1.807) is 0 Å². The molecule has 19 heavy (non-hydrogen) atoms. The zero-order valence-corrected chi connectivity index (χ0v) is 10.6. The Morgan fingerprint density at radius 1 is 1.05 bits per heavy atom. The number of nitrogens with zero attached hydrogens (tertiary/aromatic N) is 2. The molecule has 0 atom stereocenters. The van der Waals surface area contributed by atoms with Gasteiger partial charge in [0.2, 0.25) is 0 Å². The average molecular weight is 309 g/mol. The first-order chi connectivity index (χ1) is 8.85. The number of ether oxygens (including phenoxy) is 1. The van der Waals surface area contributed by atoms with Gasteiger partial charge < -0.3 is 4.74 Å². The highest BCUT2D eigenvalue weighted by Gasteiger charge is 2.32. The van der Waals surface area contributed by atoms with Gasteiger partial charge in [0.1, 0.15) is 17.2 Å². The van der Waals surface area contributed by atoms with E-state index < -0.39 is 12.1 Å². The maximum atomic E-state index is 12.1. The van der Waals surface area contributed by atoms with E-state index in [4.69, 9.17) is 23.2 Å². The molecule has 3 nitrogen and oxygen atoms in total. The van der Waals surface area contributed by atoms with Crippen molar-refractivity contribution >= 4 is 23.2 Å². The second kappa shape index (κ2) is 5.22. The van der Waals surface area contributed by atoms with Crippen LogP contribution in [-0.2, 0) is 0 Å². The lowest BCUT2D eigenvalue weighted by Gasteiger charge is -2.11. The van der Waals surface area contributed by atoms with Crippen LogP contribution in [0.1, 0.15) is 0 Å². The number of hydrogen-bond donors (Lipinski definition) is 0. The predicted molar refractivity (Wildman–Crippen MR) is 64.2 cm³/mol. The topological polar surface area (TPSA) is 35.0 Å². The maximum absolute atomic E-state index is 12.1. The third-order valence-corrected chi connectivity index (χ3v) is 2.59. The van der Waals surface area contributed by atoms with Crippen LogP contribution < -0.4 is 4.74 Å². The number of halogens is 5. The highest BCUT2D eigenvalue weighted by molar-refractivity contribution is 6.32. The monoisotopic (exact) mass is 308 g/mol. The van der Waals surface area contributed by atoms with Gasteiger partial charge in [-0.1, -0.05) is 23.2 Å². The van der Waals surface area contributed by atoms with E-state index in [1.807, 2.05) is 0 Å². The Bertz CT molecular complexity index is 605. The lowest BCUT2D eigenvalue weighted by atomic mass is 10.1. The minimum atomic E-state index is -4.79. The fourth-order valence-corrected chi connectivity index (χ4v) is 1.73. The quantitative estimate of drug-likeness (QED) is 0.774. The minimum absolute atomic E-state index is 0.176. The standard InChI is InChI=1S/C11H5Cl2F3N2O/c12-7-3-6(8-4-10(13)18-5-17-8)1-2-9(7)19-11(14,15)16/h1-5H. The van der Waals surface area contributed by atoms with E-state index in [9.17, 15) is 13.2 Å². The van der Waals surface area contributed by atoms with Crippen LogP contribution in [0.5, 0.6) is 5.75 Å². The first-order valence-electron chi connectivity index (χ1n) is 4.88. The van der Waals surface area contributed by atoms with Crippen molar-refractivity contribution in [3.8, 4) is 17.0 Å². The molecule has 1 aromatic carbocycles. The molecule has 0 spiro atoms. The third-order valence-electron chi connectivity index (χ3n) is 2.09. The minimum Gasteiger partial charge on any atom is -0.404 e. The van der Waals surface area contributed by atoms with Crippen molar-refractivity contribution in [1.82, 2.24) is 9.97 Å². The molecule has 8 heteroatoms.